The van der Waals surface area contributed by atoms with Gasteiger partial charge in [0.2, 0.25) is 0 Å². The highest BCUT2D eigenvalue weighted by molar-refractivity contribution is 14.0. The number of nitrogens with one attached hydrogen (secondary N) is 2. The minimum atomic E-state index is 0. The summed E-state index contributed by atoms with van der Waals surface area (Å²) in [4.78, 5) is 8.84. The van der Waals surface area contributed by atoms with Gasteiger partial charge in [0.25, 0.3) is 0 Å². The highest BCUT2D eigenvalue weighted by Gasteiger charge is 2.09. The zero-order valence-corrected chi connectivity index (χ0v) is 18.8. The highest BCUT2D eigenvalue weighted by Crippen LogP contribution is 2.15. The molecule has 0 bridgehead atoms. The molecular weight excluding hydrogens is 467 g/mol. The Labute approximate surface area is 182 Å². The summed E-state index contributed by atoms with van der Waals surface area (Å²) in [7, 11) is 0. The third-order valence-electron chi connectivity index (χ3n) is 4.12. The summed E-state index contributed by atoms with van der Waals surface area (Å²) in [5, 5.41) is 10.7. The molecule has 0 spiro atoms. The van der Waals surface area contributed by atoms with E-state index in [4.69, 9.17) is 9.52 Å². The van der Waals surface area contributed by atoms with Crippen LogP contribution in [0.25, 0.3) is 5.69 Å². The van der Waals surface area contributed by atoms with E-state index in [-0.39, 0.29) is 24.0 Å². The second-order valence-electron chi connectivity index (χ2n) is 6.52. The van der Waals surface area contributed by atoms with Crippen LogP contribution in [0, 0.1) is 0 Å². The van der Waals surface area contributed by atoms with Crippen LogP contribution in [0.15, 0.2) is 58.6 Å². The second kappa shape index (κ2) is 10.8. The van der Waals surface area contributed by atoms with Gasteiger partial charge in [-0.1, -0.05) is 37.2 Å². The Kier molecular flexibility index (Phi) is 8.49. The molecule has 8 heteroatoms. The largest absolute Gasteiger partial charge is 0.359 e. The minimum absolute atomic E-state index is 0. The Morgan fingerprint density at radius 3 is 2.75 bits per heavy atom. The molecule has 0 aliphatic rings. The lowest BCUT2D eigenvalue weighted by atomic mass is 10.1. The lowest BCUT2D eigenvalue weighted by Crippen LogP contribution is -2.36. The highest BCUT2D eigenvalue weighted by atomic mass is 127. The number of benzene rings is 1. The second-order valence-corrected chi connectivity index (χ2v) is 6.52. The number of guanidine groups is 1. The number of hydrogen-bond donors (Lipinski definition) is 2. The third kappa shape index (κ3) is 5.82. The summed E-state index contributed by atoms with van der Waals surface area (Å²) in [6.07, 6.45) is 5.50. The number of rotatable bonds is 7. The van der Waals surface area contributed by atoms with E-state index in [1.165, 1.54) is 0 Å². The van der Waals surface area contributed by atoms with Crippen LogP contribution in [0.1, 0.15) is 43.7 Å². The maximum Gasteiger partial charge on any atom is 0.191 e. The molecule has 0 saturated carbocycles. The minimum Gasteiger partial charge on any atom is -0.359 e. The van der Waals surface area contributed by atoms with Crippen LogP contribution in [0.5, 0.6) is 0 Å². The van der Waals surface area contributed by atoms with Crippen molar-refractivity contribution in [3.8, 4) is 5.69 Å². The zero-order valence-electron chi connectivity index (χ0n) is 16.4. The Balaban J connectivity index is 0.00000280. The molecule has 0 amide bonds. The summed E-state index contributed by atoms with van der Waals surface area (Å²) in [5.41, 5.74) is 3.16. The van der Waals surface area contributed by atoms with Crippen molar-refractivity contribution in [2.24, 2.45) is 4.99 Å². The van der Waals surface area contributed by atoms with Gasteiger partial charge in [0.1, 0.15) is 0 Å². The van der Waals surface area contributed by atoms with Gasteiger partial charge in [-0.3, -0.25) is 0 Å². The predicted octanol–water partition coefficient (Wildman–Crippen LogP) is 3.86. The van der Waals surface area contributed by atoms with Crippen molar-refractivity contribution in [2.75, 3.05) is 6.54 Å². The van der Waals surface area contributed by atoms with Gasteiger partial charge in [-0.15, -0.1) is 24.0 Å². The number of hydrogen-bond acceptors (Lipinski definition) is 4. The van der Waals surface area contributed by atoms with Crippen LogP contribution in [-0.4, -0.2) is 27.2 Å². The zero-order chi connectivity index (χ0) is 19.1. The predicted molar refractivity (Wildman–Crippen MR) is 121 cm³/mol. The molecule has 28 heavy (non-hydrogen) atoms. The Morgan fingerprint density at radius 2 is 2.07 bits per heavy atom. The van der Waals surface area contributed by atoms with Gasteiger partial charge in [0.05, 0.1) is 30.8 Å². The molecule has 0 radical (unpaired) electrons. The number of imidazole rings is 1. The van der Waals surface area contributed by atoms with Crippen molar-refractivity contribution in [1.29, 1.82) is 0 Å². The van der Waals surface area contributed by atoms with Crippen molar-refractivity contribution < 1.29 is 4.52 Å². The standard InChI is InChI=1S/C20H26N6O.HI/c1-4-22-20(24-13-17-11-18(15(2)3)25-27-17)23-12-16-7-5-6-8-19(16)26-10-9-21-14-26;/h5-11,14-15H,4,12-13H2,1-3H3,(H2,22,23,24);1H. The number of aromatic nitrogens is 3. The van der Waals surface area contributed by atoms with Crippen molar-refractivity contribution in [3.05, 3.63) is 66.1 Å². The fourth-order valence-electron chi connectivity index (χ4n) is 2.66. The summed E-state index contributed by atoms with van der Waals surface area (Å²) < 4.78 is 7.37. The van der Waals surface area contributed by atoms with Gasteiger partial charge < -0.3 is 19.7 Å². The van der Waals surface area contributed by atoms with Crippen molar-refractivity contribution in [2.45, 2.75) is 39.8 Å². The quantitative estimate of drug-likeness (QED) is 0.296. The smallest absolute Gasteiger partial charge is 0.191 e. The summed E-state index contributed by atoms with van der Waals surface area (Å²) in [5.74, 6) is 1.88. The van der Waals surface area contributed by atoms with Gasteiger partial charge in [-0.25, -0.2) is 9.98 Å². The molecule has 150 valence electrons. The monoisotopic (exact) mass is 494 g/mol. The maximum atomic E-state index is 5.38. The number of aliphatic imine (C=N–C) groups is 1. The number of nitrogens with zero attached hydrogens (tertiary/aromatic N) is 4. The van der Waals surface area contributed by atoms with E-state index >= 15 is 0 Å². The molecule has 2 heterocycles. The Hall–Kier alpha value is -2.36. The first-order valence-corrected chi connectivity index (χ1v) is 9.21. The van der Waals surface area contributed by atoms with E-state index < -0.39 is 0 Å². The number of para-hydroxylation sites is 1. The SMILES string of the molecule is CCNC(=NCc1ccccc1-n1ccnc1)NCc1cc(C(C)C)no1.I. The molecule has 0 unspecified atom stereocenters. The molecule has 3 rings (SSSR count). The van der Waals surface area contributed by atoms with Gasteiger partial charge >= 0.3 is 0 Å². The van der Waals surface area contributed by atoms with Crippen LogP contribution >= 0.6 is 24.0 Å². The van der Waals surface area contributed by atoms with Crippen LogP contribution in [-0.2, 0) is 13.1 Å². The van der Waals surface area contributed by atoms with Gasteiger partial charge in [0, 0.05) is 25.0 Å². The fourth-order valence-corrected chi connectivity index (χ4v) is 2.66. The van der Waals surface area contributed by atoms with Gasteiger partial charge in [-0.2, -0.15) is 0 Å². The van der Waals surface area contributed by atoms with Crippen LogP contribution in [0.3, 0.4) is 0 Å². The van der Waals surface area contributed by atoms with E-state index in [1.807, 2.05) is 35.9 Å². The van der Waals surface area contributed by atoms with Crippen molar-refractivity contribution >= 4 is 29.9 Å². The summed E-state index contributed by atoms with van der Waals surface area (Å²) in [6, 6.07) is 10.2. The first-order valence-electron chi connectivity index (χ1n) is 9.21. The molecule has 3 aromatic rings. The molecule has 0 atom stereocenters. The molecule has 0 saturated heterocycles. The van der Waals surface area contributed by atoms with Gasteiger partial charge in [0.15, 0.2) is 11.7 Å². The molecule has 0 aliphatic carbocycles. The summed E-state index contributed by atoms with van der Waals surface area (Å²) in [6.45, 7) is 8.10. The first kappa shape index (κ1) is 21.9. The molecule has 2 N–H and O–H groups in total. The normalized spacial score (nSPS) is 11.4. The lowest BCUT2D eigenvalue weighted by molar-refractivity contribution is 0.372. The molecular formula is C20H27IN6O. The van der Waals surface area contributed by atoms with Crippen LogP contribution in [0.2, 0.25) is 0 Å². The van der Waals surface area contributed by atoms with E-state index in [9.17, 15) is 0 Å². The van der Waals surface area contributed by atoms with Crippen LogP contribution < -0.4 is 10.6 Å². The molecule has 7 nitrogen and oxygen atoms in total. The fraction of sp³-hybridized carbons (Fsp3) is 0.350. The van der Waals surface area contributed by atoms with Gasteiger partial charge in [-0.05, 0) is 24.5 Å². The molecule has 1 aromatic carbocycles. The Bertz CT molecular complexity index is 872. The molecule has 2 aromatic heterocycles. The van der Waals surface area contributed by atoms with E-state index in [1.54, 1.807) is 12.5 Å². The topological polar surface area (TPSA) is 80.3 Å². The lowest BCUT2D eigenvalue weighted by Gasteiger charge is -2.12. The average molecular weight is 494 g/mol. The van der Waals surface area contributed by atoms with E-state index in [0.29, 0.717) is 19.0 Å². The molecule has 0 aliphatic heterocycles. The van der Waals surface area contributed by atoms with E-state index in [0.717, 1.165) is 35.2 Å². The Morgan fingerprint density at radius 1 is 1.25 bits per heavy atom. The van der Waals surface area contributed by atoms with Crippen molar-refractivity contribution in [3.63, 3.8) is 0 Å². The summed E-state index contributed by atoms with van der Waals surface area (Å²) >= 11 is 0. The maximum absolute atomic E-state index is 5.38. The van der Waals surface area contributed by atoms with Crippen LogP contribution in [0.4, 0.5) is 0 Å². The third-order valence-corrected chi connectivity index (χ3v) is 4.12. The number of halogens is 1. The average Bonchev–Trinajstić information content (AvgIpc) is 3.36. The first-order chi connectivity index (χ1) is 13.2. The van der Waals surface area contributed by atoms with E-state index in [2.05, 4.69) is 46.8 Å². The van der Waals surface area contributed by atoms with Crippen molar-refractivity contribution in [1.82, 2.24) is 25.3 Å². The molecule has 0 fully saturated rings.